The molecule has 116 valence electrons. The zero-order chi connectivity index (χ0) is 15.8. The average Bonchev–Trinajstić information content (AvgIpc) is 3.26. The first-order valence-corrected chi connectivity index (χ1v) is 8.19. The molecule has 2 heterocycles. The van der Waals surface area contributed by atoms with Crippen LogP contribution in [0.5, 0.6) is 0 Å². The van der Waals surface area contributed by atoms with Gasteiger partial charge in [0.1, 0.15) is 0 Å². The van der Waals surface area contributed by atoms with Gasteiger partial charge in [-0.05, 0) is 56.2 Å². The number of amides is 3. The number of nitrogens with one attached hydrogen (secondary N) is 1. The molecule has 5 nitrogen and oxygen atoms in total. The molecule has 2 aliphatic carbocycles. The number of rotatable bonds is 1. The van der Waals surface area contributed by atoms with Crippen molar-refractivity contribution >= 4 is 29.1 Å². The molecule has 23 heavy (non-hydrogen) atoms. The van der Waals surface area contributed by atoms with Crippen molar-refractivity contribution < 1.29 is 14.4 Å². The molecule has 5 heteroatoms. The molecule has 0 saturated heterocycles. The molecule has 1 N–H and O–H groups in total. The van der Waals surface area contributed by atoms with Gasteiger partial charge >= 0.3 is 0 Å². The van der Waals surface area contributed by atoms with E-state index in [9.17, 15) is 14.4 Å². The van der Waals surface area contributed by atoms with E-state index in [-0.39, 0.29) is 23.1 Å². The van der Waals surface area contributed by atoms with Crippen LogP contribution in [0.15, 0.2) is 29.3 Å². The van der Waals surface area contributed by atoms with Gasteiger partial charge in [-0.2, -0.15) is 0 Å². The summed E-state index contributed by atoms with van der Waals surface area (Å²) in [6.07, 6.45) is 5.08. The van der Waals surface area contributed by atoms with Crippen molar-refractivity contribution in [3.05, 3.63) is 34.9 Å². The van der Waals surface area contributed by atoms with Crippen LogP contribution in [0.1, 0.15) is 44.1 Å². The molecule has 2 aliphatic heterocycles. The molecule has 5 rings (SSSR count). The average molecular weight is 308 g/mol. The molecule has 0 aromatic heterocycles. The number of fused-ring (bicyclic) bond motifs is 2. The number of hydrogen-bond acceptors (Lipinski definition) is 3. The van der Waals surface area contributed by atoms with Gasteiger partial charge in [0.05, 0.1) is 11.1 Å². The maximum atomic E-state index is 12.6. The summed E-state index contributed by atoms with van der Waals surface area (Å²) < 4.78 is 0. The second-order valence-electron chi connectivity index (χ2n) is 6.88. The number of anilines is 2. The second kappa shape index (κ2) is 4.10. The van der Waals surface area contributed by atoms with Crippen LogP contribution in [0.2, 0.25) is 0 Å². The monoisotopic (exact) mass is 308 g/mol. The van der Waals surface area contributed by atoms with Crippen LogP contribution in [0.25, 0.3) is 0 Å². The van der Waals surface area contributed by atoms with Crippen molar-refractivity contribution in [1.29, 1.82) is 0 Å². The molecule has 0 atom stereocenters. The first-order chi connectivity index (χ1) is 11.1. The first kappa shape index (κ1) is 13.0. The Bertz CT molecular complexity index is 805. The molecule has 1 saturated carbocycles. The number of imide groups is 1. The van der Waals surface area contributed by atoms with Gasteiger partial charge in [0.2, 0.25) is 5.91 Å². The van der Waals surface area contributed by atoms with Gasteiger partial charge in [0, 0.05) is 16.8 Å². The third kappa shape index (κ3) is 1.54. The summed E-state index contributed by atoms with van der Waals surface area (Å²) in [4.78, 5) is 38.6. The summed E-state index contributed by atoms with van der Waals surface area (Å²) in [7, 11) is 0. The van der Waals surface area contributed by atoms with Crippen molar-refractivity contribution in [2.45, 2.75) is 43.9 Å². The summed E-state index contributed by atoms with van der Waals surface area (Å²) in [5.74, 6) is -0.327. The number of nitrogens with zero attached hydrogens (tertiary/aromatic N) is 1. The molecule has 1 spiro atoms. The summed E-state index contributed by atoms with van der Waals surface area (Å²) >= 11 is 0. The van der Waals surface area contributed by atoms with E-state index in [2.05, 4.69) is 5.32 Å². The maximum Gasteiger partial charge on any atom is 0.261 e. The van der Waals surface area contributed by atoms with Crippen LogP contribution in [-0.4, -0.2) is 17.7 Å². The summed E-state index contributed by atoms with van der Waals surface area (Å²) in [5.41, 5.74) is 3.34. The van der Waals surface area contributed by atoms with E-state index in [1.165, 1.54) is 4.90 Å². The zero-order valence-corrected chi connectivity index (χ0v) is 12.6. The second-order valence-corrected chi connectivity index (χ2v) is 6.88. The van der Waals surface area contributed by atoms with E-state index in [1.807, 2.05) is 6.07 Å². The highest BCUT2D eigenvalue weighted by Gasteiger charge is 2.56. The van der Waals surface area contributed by atoms with Crippen LogP contribution >= 0.6 is 0 Å². The standard InChI is InChI=1S/C18H16N2O3/c21-15-11-3-1-2-4-12(11)16(22)20(15)10-5-6-13-14(9-10)19-17(23)18(13)7-8-18/h5-6,9H,1-4,7-8H2,(H,19,23). The third-order valence-electron chi connectivity index (χ3n) is 5.60. The Hall–Kier alpha value is -2.43. The van der Waals surface area contributed by atoms with E-state index < -0.39 is 0 Å². The third-order valence-corrected chi connectivity index (χ3v) is 5.60. The van der Waals surface area contributed by atoms with Crippen molar-refractivity contribution in [2.24, 2.45) is 0 Å². The summed E-state index contributed by atoms with van der Waals surface area (Å²) in [6.45, 7) is 0. The molecular formula is C18H16N2O3. The molecule has 0 bridgehead atoms. The molecular weight excluding hydrogens is 292 g/mol. The fourth-order valence-electron chi connectivity index (χ4n) is 4.15. The topological polar surface area (TPSA) is 66.5 Å². The summed E-state index contributed by atoms with van der Waals surface area (Å²) in [6, 6.07) is 5.47. The van der Waals surface area contributed by atoms with Crippen molar-refractivity contribution in [1.82, 2.24) is 0 Å². The van der Waals surface area contributed by atoms with Gasteiger partial charge in [-0.1, -0.05) is 6.07 Å². The highest BCUT2D eigenvalue weighted by Crippen LogP contribution is 2.55. The van der Waals surface area contributed by atoms with Gasteiger partial charge in [-0.3, -0.25) is 14.4 Å². The maximum absolute atomic E-state index is 12.6. The van der Waals surface area contributed by atoms with E-state index in [4.69, 9.17) is 0 Å². The van der Waals surface area contributed by atoms with E-state index in [1.54, 1.807) is 12.1 Å². The predicted octanol–water partition coefficient (Wildman–Crippen LogP) is 2.41. The molecule has 4 aliphatic rings. The zero-order valence-electron chi connectivity index (χ0n) is 12.6. The Labute approximate surface area is 133 Å². The lowest BCUT2D eigenvalue weighted by molar-refractivity contribution is -0.121. The molecule has 1 aromatic rings. The lowest BCUT2D eigenvalue weighted by Gasteiger charge is -2.16. The van der Waals surface area contributed by atoms with E-state index in [0.29, 0.717) is 29.7 Å². The Kier molecular flexibility index (Phi) is 2.33. The van der Waals surface area contributed by atoms with Crippen molar-refractivity contribution in [3.63, 3.8) is 0 Å². The highest BCUT2D eigenvalue weighted by atomic mass is 16.2. The number of carbonyl (C=O) groups is 3. The molecule has 0 radical (unpaired) electrons. The van der Waals surface area contributed by atoms with Gasteiger partial charge in [0.25, 0.3) is 11.8 Å². The van der Waals surface area contributed by atoms with Gasteiger partial charge < -0.3 is 5.32 Å². The minimum atomic E-state index is -0.343. The molecule has 1 fully saturated rings. The Morgan fingerprint density at radius 1 is 0.957 bits per heavy atom. The largest absolute Gasteiger partial charge is 0.325 e. The van der Waals surface area contributed by atoms with Crippen LogP contribution < -0.4 is 10.2 Å². The smallest absolute Gasteiger partial charge is 0.261 e. The highest BCUT2D eigenvalue weighted by molar-refractivity contribution is 6.33. The Balaban J connectivity index is 1.55. The lowest BCUT2D eigenvalue weighted by Crippen LogP contribution is -2.31. The van der Waals surface area contributed by atoms with E-state index in [0.717, 1.165) is 36.9 Å². The van der Waals surface area contributed by atoms with Gasteiger partial charge in [-0.15, -0.1) is 0 Å². The quantitative estimate of drug-likeness (QED) is 0.810. The van der Waals surface area contributed by atoms with Crippen LogP contribution in [0.3, 0.4) is 0 Å². The predicted molar refractivity (Wildman–Crippen MR) is 84.0 cm³/mol. The van der Waals surface area contributed by atoms with Crippen LogP contribution in [0, 0.1) is 0 Å². The minimum absolute atomic E-state index is 0.0427. The van der Waals surface area contributed by atoms with Gasteiger partial charge in [0.15, 0.2) is 0 Å². The van der Waals surface area contributed by atoms with Crippen molar-refractivity contribution in [2.75, 3.05) is 10.2 Å². The Morgan fingerprint density at radius 3 is 2.22 bits per heavy atom. The molecule has 0 unspecified atom stereocenters. The number of benzene rings is 1. The SMILES string of the molecule is O=C1C2=C(CCCC2)C(=O)N1c1ccc2c(c1)NC(=O)C21CC1. The fourth-order valence-corrected chi connectivity index (χ4v) is 4.15. The normalized spacial score (nSPS) is 24.2. The van der Waals surface area contributed by atoms with Crippen LogP contribution in [-0.2, 0) is 19.8 Å². The van der Waals surface area contributed by atoms with E-state index >= 15 is 0 Å². The first-order valence-electron chi connectivity index (χ1n) is 8.19. The van der Waals surface area contributed by atoms with Gasteiger partial charge in [-0.25, -0.2) is 4.90 Å². The molecule has 3 amide bonds. The van der Waals surface area contributed by atoms with Crippen molar-refractivity contribution in [3.8, 4) is 0 Å². The minimum Gasteiger partial charge on any atom is -0.325 e. The lowest BCUT2D eigenvalue weighted by atomic mass is 9.93. The fraction of sp³-hybridized carbons (Fsp3) is 0.389. The summed E-state index contributed by atoms with van der Waals surface area (Å²) in [5, 5.41) is 2.90. The Morgan fingerprint density at radius 2 is 1.61 bits per heavy atom. The number of carbonyl (C=O) groups excluding carboxylic acids is 3. The molecule has 1 aromatic carbocycles. The number of hydrogen-bond donors (Lipinski definition) is 1. The van der Waals surface area contributed by atoms with Crippen LogP contribution in [0.4, 0.5) is 11.4 Å².